The summed E-state index contributed by atoms with van der Waals surface area (Å²) >= 11 is 1.45. The molecule has 0 fully saturated rings. The van der Waals surface area contributed by atoms with Gasteiger partial charge in [-0.2, -0.15) is 4.68 Å². The normalized spacial score (nSPS) is 10.9. The van der Waals surface area contributed by atoms with Crippen molar-refractivity contribution in [3.63, 3.8) is 0 Å². The minimum atomic E-state index is 0.535. The van der Waals surface area contributed by atoms with Crippen LogP contribution in [0.3, 0.4) is 0 Å². The van der Waals surface area contributed by atoms with Gasteiger partial charge in [-0.1, -0.05) is 23.9 Å². The predicted molar refractivity (Wildman–Crippen MR) is 72.5 cm³/mol. The molecule has 7 nitrogen and oxygen atoms in total. The molecule has 0 aliphatic rings. The number of thioether (sulfide) groups is 1. The van der Waals surface area contributed by atoms with Gasteiger partial charge in [0.05, 0.1) is 11.4 Å². The fourth-order valence-electron chi connectivity index (χ4n) is 1.71. The van der Waals surface area contributed by atoms with Gasteiger partial charge < -0.3 is 4.42 Å². The van der Waals surface area contributed by atoms with E-state index < -0.39 is 0 Å². The Bertz CT molecular complexity index is 722. The van der Waals surface area contributed by atoms with Gasteiger partial charge in [0.25, 0.3) is 0 Å². The first-order valence-electron chi connectivity index (χ1n) is 5.99. The monoisotopic (exact) mass is 288 g/mol. The second-order valence-corrected chi connectivity index (χ2v) is 5.16. The molecule has 20 heavy (non-hydrogen) atoms. The first-order chi connectivity index (χ1) is 9.72. The predicted octanol–water partition coefficient (Wildman–Crippen LogP) is 1.95. The van der Waals surface area contributed by atoms with Crippen LogP contribution < -0.4 is 0 Å². The lowest BCUT2D eigenvalue weighted by molar-refractivity contribution is 0.485. The highest BCUT2D eigenvalue weighted by molar-refractivity contribution is 7.98. The zero-order valence-corrected chi connectivity index (χ0v) is 11.8. The maximum Gasteiger partial charge on any atom is 0.226 e. The molecule has 3 rings (SSSR count). The summed E-state index contributed by atoms with van der Waals surface area (Å²) in [5.41, 5.74) is 2.08. The first kappa shape index (κ1) is 12.8. The lowest BCUT2D eigenvalue weighted by Gasteiger charge is -2.03. The molecule has 1 aromatic carbocycles. The minimum Gasteiger partial charge on any atom is -0.425 e. The van der Waals surface area contributed by atoms with Gasteiger partial charge in [-0.25, -0.2) is 0 Å². The van der Waals surface area contributed by atoms with Crippen LogP contribution in [0.1, 0.15) is 17.3 Å². The van der Waals surface area contributed by atoms with Crippen molar-refractivity contribution in [2.45, 2.75) is 24.8 Å². The van der Waals surface area contributed by atoms with E-state index in [1.807, 2.05) is 31.2 Å². The molecule has 8 heteroatoms. The molecule has 0 aliphatic heterocycles. The summed E-state index contributed by atoms with van der Waals surface area (Å²) in [5, 5.41) is 20.2. The summed E-state index contributed by atoms with van der Waals surface area (Å²) in [6, 6.07) is 7.99. The van der Waals surface area contributed by atoms with Crippen LogP contribution in [0, 0.1) is 13.8 Å². The molecule has 102 valence electrons. The highest BCUT2D eigenvalue weighted by atomic mass is 32.2. The first-order valence-corrected chi connectivity index (χ1v) is 6.98. The Kier molecular flexibility index (Phi) is 3.46. The van der Waals surface area contributed by atoms with Crippen LogP contribution in [0.25, 0.3) is 5.69 Å². The topological polar surface area (TPSA) is 82.5 Å². The average molecular weight is 288 g/mol. The SMILES string of the molecule is Cc1cccc(-n2nnnc2SCc2nnc(C)o2)c1. The molecule has 0 amide bonds. The Morgan fingerprint density at radius 3 is 2.85 bits per heavy atom. The number of hydrogen-bond donors (Lipinski definition) is 0. The molecular formula is C12H12N6OS. The van der Waals surface area contributed by atoms with E-state index in [1.165, 1.54) is 11.8 Å². The molecule has 0 aliphatic carbocycles. The van der Waals surface area contributed by atoms with Crippen LogP contribution in [-0.2, 0) is 5.75 Å². The number of rotatable bonds is 4. The zero-order valence-electron chi connectivity index (χ0n) is 11.0. The molecular weight excluding hydrogens is 276 g/mol. The van der Waals surface area contributed by atoms with Crippen molar-refractivity contribution >= 4 is 11.8 Å². The highest BCUT2D eigenvalue weighted by Crippen LogP contribution is 2.22. The van der Waals surface area contributed by atoms with Gasteiger partial charge in [0.2, 0.25) is 16.9 Å². The Balaban J connectivity index is 1.80. The zero-order chi connectivity index (χ0) is 13.9. The van der Waals surface area contributed by atoms with Gasteiger partial charge >= 0.3 is 0 Å². The van der Waals surface area contributed by atoms with Crippen molar-refractivity contribution in [3.05, 3.63) is 41.6 Å². The fourth-order valence-corrected chi connectivity index (χ4v) is 2.44. The van der Waals surface area contributed by atoms with E-state index >= 15 is 0 Å². The third-order valence-corrected chi connectivity index (χ3v) is 3.48. The van der Waals surface area contributed by atoms with Gasteiger partial charge in [0, 0.05) is 6.92 Å². The van der Waals surface area contributed by atoms with Crippen molar-refractivity contribution in [1.82, 2.24) is 30.4 Å². The van der Waals surface area contributed by atoms with Crippen molar-refractivity contribution in [2.75, 3.05) is 0 Å². The van der Waals surface area contributed by atoms with Crippen LogP contribution in [0.4, 0.5) is 0 Å². The second-order valence-electron chi connectivity index (χ2n) is 4.22. The standard InChI is InChI=1S/C12H12N6OS/c1-8-4-3-5-10(6-8)18-12(15-16-17-18)20-7-11-14-13-9(2)19-11/h3-6H,7H2,1-2H3. The third kappa shape index (κ3) is 2.69. The average Bonchev–Trinajstić information content (AvgIpc) is 3.05. The van der Waals surface area contributed by atoms with Crippen LogP contribution in [0.15, 0.2) is 33.8 Å². The number of aryl methyl sites for hydroxylation is 2. The van der Waals surface area contributed by atoms with Crippen LogP contribution in [-0.4, -0.2) is 30.4 Å². The molecule has 0 spiro atoms. The second kappa shape index (κ2) is 5.41. The van der Waals surface area contributed by atoms with Crippen molar-refractivity contribution < 1.29 is 4.42 Å². The smallest absolute Gasteiger partial charge is 0.226 e. The summed E-state index contributed by atoms with van der Waals surface area (Å²) in [4.78, 5) is 0. The van der Waals surface area contributed by atoms with Crippen LogP contribution in [0.2, 0.25) is 0 Å². The van der Waals surface area contributed by atoms with Crippen molar-refractivity contribution in [3.8, 4) is 5.69 Å². The summed E-state index contributed by atoms with van der Waals surface area (Å²) in [6.45, 7) is 3.79. The van der Waals surface area contributed by atoms with E-state index in [0.29, 0.717) is 22.7 Å². The fraction of sp³-hybridized carbons (Fsp3) is 0.250. The molecule has 0 bridgehead atoms. The van der Waals surface area contributed by atoms with Crippen molar-refractivity contribution in [2.24, 2.45) is 0 Å². The lowest BCUT2D eigenvalue weighted by atomic mass is 10.2. The van der Waals surface area contributed by atoms with E-state index in [1.54, 1.807) is 11.6 Å². The van der Waals surface area contributed by atoms with Crippen LogP contribution >= 0.6 is 11.8 Å². The molecule has 2 aromatic heterocycles. The largest absolute Gasteiger partial charge is 0.425 e. The van der Waals surface area contributed by atoms with E-state index in [0.717, 1.165) is 11.3 Å². The molecule has 0 unspecified atom stereocenters. The van der Waals surface area contributed by atoms with E-state index in [2.05, 4.69) is 25.7 Å². The molecule has 0 radical (unpaired) electrons. The van der Waals surface area contributed by atoms with Gasteiger partial charge in [0.1, 0.15) is 0 Å². The molecule has 0 saturated heterocycles. The quantitative estimate of drug-likeness (QED) is 0.678. The van der Waals surface area contributed by atoms with Gasteiger partial charge in [-0.05, 0) is 35.0 Å². The van der Waals surface area contributed by atoms with E-state index in [9.17, 15) is 0 Å². The molecule has 0 atom stereocenters. The Morgan fingerprint density at radius 1 is 1.20 bits per heavy atom. The number of tetrazole rings is 1. The Hall–Kier alpha value is -2.22. The molecule has 2 heterocycles. The summed E-state index contributed by atoms with van der Waals surface area (Å²) in [5.74, 6) is 1.65. The summed E-state index contributed by atoms with van der Waals surface area (Å²) in [6.07, 6.45) is 0. The minimum absolute atomic E-state index is 0.535. The summed E-state index contributed by atoms with van der Waals surface area (Å²) in [7, 11) is 0. The van der Waals surface area contributed by atoms with E-state index in [-0.39, 0.29) is 0 Å². The lowest BCUT2D eigenvalue weighted by Crippen LogP contribution is -1.99. The molecule has 0 saturated carbocycles. The van der Waals surface area contributed by atoms with Gasteiger partial charge in [0.15, 0.2) is 0 Å². The van der Waals surface area contributed by atoms with Gasteiger partial charge in [-0.15, -0.1) is 15.3 Å². The molecule has 0 N–H and O–H groups in total. The van der Waals surface area contributed by atoms with E-state index in [4.69, 9.17) is 4.42 Å². The molecule has 3 aromatic rings. The van der Waals surface area contributed by atoms with Crippen LogP contribution in [0.5, 0.6) is 0 Å². The number of aromatic nitrogens is 6. The Labute approximate surface area is 119 Å². The number of hydrogen-bond acceptors (Lipinski definition) is 7. The van der Waals surface area contributed by atoms with Gasteiger partial charge in [-0.3, -0.25) is 0 Å². The van der Waals surface area contributed by atoms with Crippen molar-refractivity contribution in [1.29, 1.82) is 0 Å². The number of benzene rings is 1. The maximum absolute atomic E-state index is 5.33. The summed E-state index contributed by atoms with van der Waals surface area (Å²) < 4.78 is 7.02. The Morgan fingerprint density at radius 2 is 2.10 bits per heavy atom. The third-order valence-electron chi connectivity index (χ3n) is 2.58. The number of nitrogens with zero attached hydrogens (tertiary/aromatic N) is 6. The highest BCUT2D eigenvalue weighted by Gasteiger charge is 2.11. The maximum atomic E-state index is 5.33.